The van der Waals surface area contributed by atoms with Gasteiger partial charge in [0.2, 0.25) is 0 Å². The van der Waals surface area contributed by atoms with Gasteiger partial charge in [-0.2, -0.15) is 0 Å². The van der Waals surface area contributed by atoms with Crippen LogP contribution in [0.25, 0.3) is 0 Å². The molecule has 2 atom stereocenters. The van der Waals surface area contributed by atoms with Gasteiger partial charge >= 0.3 is 0 Å². The summed E-state index contributed by atoms with van der Waals surface area (Å²) in [5.41, 5.74) is 1.87. The van der Waals surface area contributed by atoms with Gasteiger partial charge in [0.05, 0.1) is 24.3 Å². The zero-order valence-electron chi connectivity index (χ0n) is 11.3. The number of fused-ring (bicyclic) bond motifs is 1. The Labute approximate surface area is 126 Å². The third kappa shape index (κ3) is 2.47. The first kappa shape index (κ1) is 13.6. The molecule has 5 heteroatoms. The average molecular weight is 337 g/mol. The molecule has 0 saturated carbocycles. The lowest BCUT2D eigenvalue weighted by Gasteiger charge is -2.30. The lowest BCUT2D eigenvalue weighted by molar-refractivity contribution is 0.0617. The number of hydrogen-bond donors (Lipinski definition) is 1. The Hall–Kier alpha value is -1.33. The molecule has 0 radical (unpaired) electrons. The molecule has 1 aliphatic rings. The Kier molecular flexibility index (Phi) is 3.81. The molecule has 1 aliphatic heterocycles. The van der Waals surface area contributed by atoms with Gasteiger partial charge in [0.25, 0.3) is 0 Å². The second-order valence-electron chi connectivity index (χ2n) is 5.05. The fraction of sp³-hybridized carbons (Fsp3) is 0.400. The van der Waals surface area contributed by atoms with Crippen molar-refractivity contribution in [2.75, 3.05) is 0 Å². The predicted molar refractivity (Wildman–Crippen MR) is 79.6 cm³/mol. The van der Waals surface area contributed by atoms with Crippen LogP contribution in [-0.2, 0) is 6.54 Å². The van der Waals surface area contributed by atoms with Crippen LogP contribution in [0, 0.1) is 0 Å². The highest BCUT2D eigenvalue weighted by Crippen LogP contribution is 2.41. The largest absolute Gasteiger partial charge is 0.484 e. The maximum Gasteiger partial charge on any atom is 0.143 e. The minimum absolute atomic E-state index is 0.146. The zero-order chi connectivity index (χ0) is 14.1. The van der Waals surface area contributed by atoms with Gasteiger partial charge in [-0.05, 0) is 24.6 Å². The summed E-state index contributed by atoms with van der Waals surface area (Å²) in [6.45, 7) is 3.05. The summed E-state index contributed by atoms with van der Waals surface area (Å²) < 4.78 is 9.10. The van der Waals surface area contributed by atoms with Gasteiger partial charge in [-0.3, -0.25) is 0 Å². The van der Waals surface area contributed by atoms with Crippen molar-refractivity contribution in [2.24, 2.45) is 0 Å². The van der Waals surface area contributed by atoms with Gasteiger partial charge in [0.15, 0.2) is 0 Å². The number of aliphatic hydroxyl groups excluding tert-OH is 1. The number of halogens is 1. The molecule has 3 rings (SSSR count). The zero-order valence-corrected chi connectivity index (χ0v) is 12.9. The molecule has 0 bridgehead atoms. The quantitative estimate of drug-likeness (QED) is 0.931. The topological polar surface area (TPSA) is 47.3 Å². The molecule has 0 saturated heterocycles. The fourth-order valence-electron chi connectivity index (χ4n) is 2.63. The van der Waals surface area contributed by atoms with Crippen molar-refractivity contribution in [3.8, 4) is 5.75 Å². The maximum absolute atomic E-state index is 10.3. The summed E-state index contributed by atoms with van der Waals surface area (Å²) >= 11 is 3.42. The van der Waals surface area contributed by atoms with E-state index in [4.69, 9.17) is 4.74 Å². The number of aryl methyl sites for hydroxylation is 1. The Morgan fingerprint density at radius 3 is 3.15 bits per heavy atom. The number of aromatic nitrogens is 2. The van der Waals surface area contributed by atoms with Crippen molar-refractivity contribution < 1.29 is 9.84 Å². The average Bonchev–Trinajstić information content (AvgIpc) is 2.88. The lowest BCUT2D eigenvalue weighted by Crippen LogP contribution is -2.21. The third-order valence-electron chi connectivity index (χ3n) is 3.58. The molecule has 0 fully saturated rings. The molecule has 106 valence electrons. The van der Waals surface area contributed by atoms with E-state index in [9.17, 15) is 5.11 Å². The standard InChI is InChI=1S/C15H17BrN2O2/c1-2-5-18-9-17-8-12(18)15-7-13(19)11-6-10(16)3-4-14(11)20-15/h3-4,6,8-9,13,15,19H,2,5,7H2,1H3/t13-,15?/m1/s1. The molecular formula is C15H17BrN2O2. The first-order chi connectivity index (χ1) is 9.69. The van der Waals surface area contributed by atoms with Crippen LogP contribution in [0.3, 0.4) is 0 Å². The molecule has 1 aromatic heterocycles. The van der Waals surface area contributed by atoms with E-state index in [0.29, 0.717) is 6.42 Å². The van der Waals surface area contributed by atoms with E-state index in [1.807, 2.05) is 30.7 Å². The molecule has 2 aromatic rings. The number of aliphatic hydroxyl groups is 1. The molecule has 0 aliphatic carbocycles. The van der Waals surface area contributed by atoms with E-state index < -0.39 is 6.10 Å². The van der Waals surface area contributed by atoms with Gasteiger partial charge in [-0.1, -0.05) is 22.9 Å². The van der Waals surface area contributed by atoms with E-state index in [1.165, 1.54) is 0 Å². The van der Waals surface area contributed by atoms with Crippen LogP contribution in [-0.4, -0.2) is 14.7 Å². The van der Waals surface area contributed by atoms with Crippen molar-refractivity contribution in [3.63, 3.8) is 0 Å². The highest BCUT2D eigenvalue weighted by Gasteiger charge is 2.29. The summed E-state index contributed by atoms with van der Waals surface area (Å²) in [4.78, 5) is 4.20. The van der Waals surface area contributed by atoms with Gasteiger partial charge < -0.3 is 14.4 Å². The Morgan fingerprint density at radius 1 is 1.50 bits per heavy atom. The minimum Gasteiger partial charge on any atom is -0.484 e. The lowest BCUT2D eigenvalue weighted by atomic mass is 9.97. The van der Waals surface area contributed by atoms with Crippen LogP contribution in [0.15, 0.2) is 35.2 Å². The van der Waals surface area contributed by atoms with Gasteiger partial charge in [0.1, 0.15) is 11.9 Å². The van der Waals surface area contributed by atoms with E-state index in [0.717, 1.165) is 34.4 Å². The predicted octanol–water partition coefficient (Wildman–Crippen LogP) is 3.61. The third-order valence-corrected chi connectivity index (χ3v) is 4.07. The molecular weight excluding hydrogens is 320 g/mol. The Morgan fingerprint density at radius 2 is 2.35 bits per heavy atom. The smallest absolute Gasteiger partial charge is 0.143 e. The number of rotatable bonds is 3. The Bertz CT molecular complexity index is 612. The van der Waals surface area contributed by atoms with E-state index in [-0.39, 0.29) is 6.10 Å². The molecule has 20 heavy (non-hydrogen) atoms. The van der Waals surface area contributed by atoms with Gasteiger partial charge in [-0.25, -0.2) is 4.98 Å². The summed E-state index contributed by atoms with van der Waals surface area (Å²) in [6, 6.07) is 5.74. The molecule has 2 heterocycles. The summed E-state index contributed by atoms with van der Waals surface area (Å²) in [6.07, 6.45) is 4.60. The number of imidazole rings is 1. The molecule has 1 N–H and O–H groups in total. The first-order valence-corrected chi connectivity index (χ1v) is 7.62. The number of nitrogens with zero attached hydrogens (tertiary/aromatic N) is 2. The van der Waals surface area contributed by atoms with Crippen molar-refractivity contribution in [1.29, 1.82) is 0 Å². The Balaban J connectivity index is 1.91. The molecule has 1 unspecified atom stereocenters. The van der Waals surface area contributed by atoms with Crippen LogP contribution in [0.5, 0.6) is 5.75 Å². The normalized spacial score (nSPS) is 21.4. The molecule has 4 nitrogen and oxygen atoms in total. The van der Waals surface area contributed by atoms with Gasteiger partial charge in [-0.15, -0.1) is 0 Å². The summed E-state index contributed by atoms with van der Waals surface area (Å²) in [7, 11) is 0. The van der Waals surface area contributed by atoms with Crippen LogP contribution >= 0.6 is 15.9 Å². The van der Waals surface area contributed by atoms with Crippen LogP contribution in [0.4, 0.5) is 0 Å². The summed E-state index contributed by atoms with van der Waals surface area (Å²) in [5.74, 6) is 0.751. The monoisotopic (exact) mass is 336 g/mol. The molecule has 0 amide bonds. The first-order valence-electron chi connectivity index (χ1n) is 6.83. The van der Waals surface area contributed by atoms with Crippen LogP contribution in [0.2, 0.25) is 0 Å². The summed E-state index contributed by atoms with van der Waals surface area (Å²) in [5, 5.41) is 10.3. The fourth-order valence-corrected chi connectivity index (χ4v) is 3.00. The van der Waals surface area contributed by atoms with Crippen molar-refractivity contribution in [1.82, 2.24) is 9.55 Å². The van der Waals surface area contributed by atoms with E-state index >= 15 is 0 Å². The second-order valence-corrected chi connectivity index (χ2v) is 5.97. The number of ether oxygens (including phenoxy) is 1. The second kappa shape index (κ2) is 5.58. The van der Waals surface area contributed by atoms with E-state index in [2.05, 4.69) is 32.4 Å². The molecule has 0 spiro atoms. The molecule has 1 aromatic carbocycles. The highest BCUT2D eigenvalue weighted by atomic mass is 79.9. The van der Waals surface area contributed by atoms with E-state index in [1.54, 1.807) is 0 Å². The minimum atomic E-state index is -0.508. The van der Waals surface area contributed by atoms with Crippen LogP contribution in [0.1, 0.15) is 43.2 Å². The maximum atomic E-state index is 10.3. The van der Waals surface area contributed by atoms with Gasteiger partial charge in [0, 0.05) is 23.0 Å². The van der Waals surface area contributed by atoms with Crippen molar-refractivity contribution >= 4 is 15.9 Å². The van der Waals surface area contributed by atoms with Crippen molar-refractivity contribution in [3.05, 3.63) is 46.5 Å². The SMILES string of the molecule is CCCn1cncc1C1C[C@@H](O)c2cc(Br)ccc2O1. The van der Waals surface area contributed by atoms with Crippen LogP contribution < -0.4 is 4.74 Å². The number of hydrogen-bond acceptors (Lipinski definition) is 3. The highest BCUT2D eigenvalue weighted by molar-refractivity contribution is 9.10. The van der Waals surface area contributed by atoms with Crippen molar-refractivity contribution in [2.45, 2.75) is 38.5 Å². The number of benzene rings is 1.